The molecular formula is C39H46FN7O6. The average Bonchev–Trinajstić information content (AvgIpc) is 3.75. The third kappa shape index (κ3) is 6.48. The van der Waals surface area contributed by atoms with Crippen molar-refractivity contribution >= 4 is 34.3 Å². The second-order valence-corrected chi connectivity index (χ2v) is 15.9. The van der Waals surface area contributed by atoms with Gasteiger partial charge in [0.15, 0.2) is 6.79 Å². The third-order valence-corrected chi connectivity index (χ3v) is 11.3. The van der Waals surface area contributed by atoms with Gasteiger partial charge in [-0.1, -0.05) is 12.1 Å². The number of anilines is 2. The summed E-state index contributed by atoms with van der Waals surface area (Å²) in [6.45, 7) is 8.41. The normalized spacial score (nSPS) is 25.4. The molecule has 2 bridgehead atoms. The van der Waals surface area contributed by atoms with E-state index in [1.165, 1.54) is 7.11 Å². The number of fused-ring (bicyclic) bond motifs is 5. The van der Waals surface area contributed by atoms with E-state index in [4.69, 9.17) is 28.9 Å². The number of benzene rings is 2. The number of carbonyl (C=O) groups is 2. The zero-order chi connectivity index (χ0) is 37.1. The Labute approximate surface area is 308 Å². The van der Waals surface area contributed by atoms with Crippen LogP contribution in [0.25, 0.3) is 10.8 Å². The van der Waals surface area contributed by atoms with Crippen molar-refractivity contribution in [3.05, 3.63) is 47.2 Å². The van der Waals surface area contributed by atoms with Crippen LogP contribution < -0.4 is 19.3 Å². The lowest BCUT2D eigenvalue weighted by molar-refractivity contribution is 0.0122. The molecule has 53 heavy (non-hydrogen) atoms. The summed E-state index contributed by atoms with van der Waals surface area (Å²) in [5.74, 6) is 0.768. The maximum Gasteiger partial charge on any atom is 0.410 e. The number of hydrogen-bond donors (Lipinski definition) is 0. The number of carbonyl (C=O) groups excluding carboxylic acids is 2. The first-order valence-electron chi connectivity index (χ1n) is 18.6. The summed E-state index contributed by atoms with van der Waals surface area (Å²) >= 11 is 0. The summed E-state index contributed by atoms with van der Waals surface area (Å²) in [6.07, 6.45) is 3.07. The molecule has 0 aliphatic carbocycles. The van der Waals surface area contributed by atoms with E-state index in [0.717, 1.165) is 37.6 Å². The number of rotatable bonds is 8. The average molecular weight is 728 g/mol. The van der Waals surface area contributed by atoms with Gasteiger partial charge in [-0.15, -0.1) is 0 Å². The van der Waals surface area contributed by atoms with Crippen LogP contribution in [0.3, 0.4) is 0 Å². The number of alkyl halides is 1. The lowest BCUT2D eigenvalue weighted by Gasteiger charge is -2.42. The van der Waals surface area contributed by atoms with Gasteiger partial charge in [-0.25, -0.2) is 9.18 Å². The van der Waals surface area contributed by atoms with Crippen molar-refractivity contribution in [1.29, 1.82) is 5.26 Å². The largest absolute Gasteiger partial charge is 0.467 e. The lowest BCUT2D eigenvalue weighted by atomic mass is 9.95. The highest BCUT2D eigenvalue weighted by Gasteiger charge is 2.50. The Morgan fingerprint density at radius 1 is 1.09 bits per heavy atom. The van der Waals surface area contributed by atoms with Crippen LogP contribution in [-0.4, -0.2) is 114 Å². The molecule has 13 nitrogen and oxygen atoms in total. The van der Waals surface area contributed by atoms with Crippen LogP contribution in [-0.2, 0) is 15.9 Å². The number of aromatic nitrogens is 2. The lowest BCUT2D eigenvalue weighted by Crippen LogP contribution is -2.57. The molecule has 0 radical (unpaired) electrons. The molecule has 4 fully saturated rings. The van der Waals surface area contributed by atoms with Crippen molar-refractivity contribution in [3.63, 3.8) is 0 Å². The fourth-order valence-electron chi connectivity index (χ4n) is 9.10. The zero-order valence-electron chi connectivity index (χ0n) is 30.8. The molecule has 3 aromatic rings. The first kappa shape index (κ1) is 35.3. The first-order valence-corrected chi connectivity index (χ1v) is 18.6. The monoisotopic (exact) mass is 727 g/mol. The van der Waals surface area contributed by atoms with E-state index >= 15 is 0 Å². The van der Waals surface area contributed by atoms with Gasteiger partial charge >= 0.3 is 12.1 Å². The fourth-order valence-corrected chi connectivity index (χ4v) is 9.10. The highest BCUT2D eigenvalue weighted by atomic mass is 19.1. The van der Waals surface area contributed by atoms with Crippen molar-refractivity contribution in [3.8, 4) is 17.8 Å². The van der Waals surface area contributed by atoms with E-state index in [1.807, 2.05) is 37.8 Å². The molecule has 0 saturated carbocycles. The van der Waals surface area contributed by atoms with Gasteiger partial charge in [0.2, 0.25) is 0 Å². The highest BCUT2D eigenvalue weighted by Crippen LogP contribution is 2.42. The number of nitrogens with zero attached hydrogens (tertiary/aromatic N) is 7. The van der Waals surface area contributed by atoms with Gasteiger partial charge in [-0.3, -0.25) is 14.6 Å². The van der Waals surface area contributed by atoms with E-state index < -0.39 is 17.3 Å². The molecule has 4 atom stereocenters. The molecule has 4 saturated heterocycles. The SMILES string of the molecule is COCOc1cc(N2CCc3c(nc(OC[C@@]45CCCN4C[C@H](F)C5)nc3N3CC4CCC(C3)N4C(=O)OC(C)(C)C)C2=O)c2c(C#N)cccc2c1. The molecule has 5 aliphatic rings. The first-order chi connectivity index (χ1) is 25.5. The Morgan fingerprint density at radius 3 is 2.62 bits per heavy atom. The molecule has 8 rings (SSSR count). The van der Waals surface area contributed by atoms with Crippen LogP contribution in [0.1, 0.15) is 74.5 Å². The van der Waals surface area contributed by atoms with Gasteiger partial charge in [0, 0.05) is 56.7 Å². The van der Waals surface area contributed by atoms with E-state index in [2.05, 4.69) is 15.9 Å². The van der Waals surface area contributed by atoms with Crippen molar-refractivity contribution in [2.45, 2.75) is 88.7 Å². The van der Waals surface area contributed by atoms with Crippen LogP contribution in [0, 0.1) is 11.3 Å². The number of methoxy groups -OCH3 is 1. The summed E-state index contributed by atoms with van der Waals surface area (Å²) in [5, 5.41) is 11.5. The summed E-state index contributed by atoms with van der Waals surface area (Å²) in [7, 11) is 1.53. The molecule has 280 valence electrons. The maximum absolute atomic E-state index is 14.8. The van der Waals surface area contributed by atoms with Crippen molar-refractivity contribution in [2.24, 2.45) is 0 Å². The highest BCUT2D eigenvalue weighted by molar-refractivity contribution is 6.13. The summed E-state index contributed by atoms with van der Waals surface area (Å²) in [4.78, 5) is 45.7. The Morgan fingerprint density at radius 2 is 1.89 bits per heavy atom. The van der Waals surface area contributed by atoms with Crippen LogP contribution in [0.4, 0.5) is 20.7 Å². The van der Waals surface area contributed by atoms with Crippen LogP contribution in [0.15, 0.2) is 30.3 Å². The quantitative estimate of drug-likeness (QED) is 0.283. The third-order valence-electron chi connectivity index (χ3n) is 11.3. The van der Waals surface area contributed by atoms with Crippen molar-refractivity contribution < 1.29 is 32.9 Å². The molecule has 2 unspecified atom stereocenters. The number of amides is 2. The molecule has 5 aliphatic heterocycles. The molecular weight excluding hydrogens is 681 g/mol. The van der Waals surface area contributed by atoms with Gasteiger partial charge in [-0.05, 0) is 76.9 Å². The molecule has 6 heterocycles. The minimum Gasteiger partial charge on any atom is -0.467 e. The standard InChI is InChI=1S/C39H46FN7O6/c1-38(2,3)53-37(49)47-27-9-10-28(47)21-44(20-27)34-30-11-14-46(31-16-29(52-23-50-4)15-24-7-5-8-25(18-41)32(24)31)35(48)33(30)42-36(43-34)51-22-39-12-6-13-45(39)19-26(40)17-39/h5,7-8,15-16,26-28H,6,9-14,17,19-23H2,1-4H3/t26-,27?,28?,39+/m1/s1. The predicted octanol–water partition coefficient (Wildman–Crippen LogP) is 5.23. The molecule has 2 aromatic carbocycles. The summed E-state index contributed by atoms with van der Waals surface area (Å²) in [6, 6.07) is 11.2. The van der Waals surface area contributed by atoms with Gasteiger partial charge in [0.1, 0.15) is 35.6 Å². The summed E-state index contributed by atoms with van der Waals surface area (Å²) in [5.41, 5.74) is 0.868. The topological polar surface area (TPSA) is 134 Å². The zero-order valence-corrected chi connectivity index (χ0v) is 30.8. The molecule has 14 heteroatoms. The second kappa shape index (κ2) is 13.6. The molecule has 1 aromatic heterocycles. The predicted molar refractivity (Wildman–Crippen MR) is 194 cm³/mol. The summed E-state index contributed by atoms with van der Waals surface area (Å²) < 4.78 is 37.8. The number of nitriles is 1. The fraction of sp³-hybridized carbons (Fsp3) is 0.564. The van der Waals surface area contributed by atoms with Crippen LogP contribution in [0.2, 0.25) is 0 Å². The minimum absolute atomic E-state index is 0.0161. The van der Waals surface area contributed by atoms with Crippen molar-refractivity contribution in [1.82, 2.24) is 19.8 Å². The number of ether oxygens (including phenoxy) is 4. The van der Waals surface area contributed by atoms with E-state index in [1.54, 1.807) is 23.1 Å². The van der Waals surface area contributed by atoms with Crippen LogP contribution in [0.5, 0.6) is 11.8 Å². The van der Waals surface area contributed by atoms with E-state index in [0.29, 0.717) is 72.8 Å². The smallest absolute Gasteiger partial charge is 0.410 e. The second-order valence-electron chi connectivity index (χ2n) is 15.9. The van der Waals surface area contributed by atoms with Gasteiger partial charge in [-0.2, -0.15) is 15.2 Å². The Balaban J connectivity index is 1.17. The van der Waals surface area contributed by atoms with E-state index in [9.17, 15) is 19.2 Å². The molecule has 2 amide bonds. The number of halogens is 1. The maximum atomic E-state index is 14.8. The number of hydrogen-bond acceptors (Lipinski definition) is 11. The van der Waals surface area contributed by atoms with Gasteiger partial charge < -0.3 is 28.7 Å². The Hall–Kier alpha value is -4.74. The van der Waals surface area contributed by atoms with Gasteiger partial charge in [0.25, 0.3) is 5.91 Å². The Bertz CT molecular complexity index is 1970. The van der Waals surface area contributed by atoms with E-state index in [-0.39, 0.29) is 49.2 Å². The molecule has 0 spiro atoms. The van der Waals surface area contributed by atoms with Crippen LogP contribution >= 0.6 is 0 Å². The van der Waals surface area contributed by atoms with Gasteiger partial charge in [0.05, 0.1) is 34.9 Å². The number of piperazine rings is 1. The minimum atomic E-state index is -0.914. The van der Waals surface area contributed by atoms with Crippen molar-refractivity contribution in [2.75, 3.05) is 63.0 Å². The molecule has 0 N–H and O–H groups in total. The Kier molecular flexibility index (Phi) is 9.05.